The van der Waals surface area contributed by atoms with E-state index in [1.807, 2.05) is 33.8 Å². The molecule has 26 heavy (non-hydrogen) atoms. The first-order chi connectivity index (χ1) is 12.1. The van der Waals surface area contributed by atoms with Crippen LogP contribution in [0.3, 0.4) is 0 Å². The van der Waals surface area contributed by atoms with Gasteiger partial charge in [0.15, 0.2) is 0 Å². The van der Waals surface area contributed by atoms with Crippen LogP contribution in [0.25, 0.3) is 0 Å². The largest absolute Gasteiger partial charge is 0.350 e. The summed E-state index contributed by atoms with van der Waals surface area (Å²) >= 11 is 0. The van der Waals surface area contributed by atoms with Gasteiger partial charge in [-0.1, -0.05) is 19.1 Å². The zero-order valence-corrected chi connectivity index (χ0v) is 16.7. The second kappa shape index (κ2) is 7.91. The predicted octanol–water partition coefficient (Wildman–Crippen LogP) is 3.94. The number of hydrogen-bond donors (Lipinski definition) is 2. The van der Waals surface area contributed by atoms with Gasteiger partial charge in [-0.2, -0.15) is 0 Å². The van der Waals surface area contributed by atoms with Gasteiger partial charge in [-0.15, -0.1) is 0 Å². The third-order valence-corrected chi connectivity index (χ3v) is 6.01. The topological polar surface area (TPSA) is 75.3 Å². The smallest absolute Gasteiger partial charge is 0.262 e. The fraction of sp³-hybridized carbons (Fsp3) is 0.350. The molecule has 0 aliphatic carbocycles. The van der Waals surface area contributed by atoms with E-state index in [0.717, 1.165) is 17.5 Å². The highest BCUT2D eigenvalue weighted by atomic mass is 32.2. The van der Waals surface area contributed by atoms with Crippen molar-refractivity contribution in [2.75, 3.05) is 4.72 Å². The number of amides is 1. The highest BCUT2D eigenvalue weighted by Crippen LogP contribution is 2.22. The lowest BCUT2D eigenvalue weighted by Gasteiger charge is -2.14. The van der Waals surface area contributed by atoms with Gasteiger partial charge in [0, 0.05) is 17.3 Å². The third-order valence-electron chi connectivity index (χ3n) is 4.49. The van der Waals surface area contributed by atoms with E-state index < -0.39 is 10.0 Å². The third kappa shape index (κ3) is 4.64. The minimum absolute atomic E-state index is 0.0255. The lowest BCUT2D eigenvalue weighted by molar-refractivity contribution is 0.0939. The van der Waals surface area contributed by atoms with E-state index in [1.54, 1.807) is 31.2 Å². The fourth-order valence-corrected chi connectivity index (χ4v) is 3.78. The number of benzene rings is 2. The molecule has 5 nitrogen and oxygen atoms in total. The molecule has 2 aromatic rings. The number of nitrogens with one attached hydrogen (secondary N) is 2. The number of anilines is 1. The molecular formula is C20H26N2O3S. The van der Waals surface area contributed by atoms with Crippen LogP contribution in [0.4, 0.5) is 5.69 Å². The van der Waals surface area contributed by atoms with Crippen LogP contribution in [-0.4, -0.2) is 20.4 Å². The normalized spacial score (nSPS) is 12.5. The lowest BCUT2D eigenvalue weighted by atomic mass is 10.1. The Morgan fingerprint density at radius 2 is 1.65 bits per heavy atom. The van der Waals surface area contributed by atoms with Gasteiger partial charge >= 0.3 is 0 Å². The van der Waals surface area contributed by atoms with Crippen molar-refractivity contribution in [2.24, 2.45) is 0 Å². The summed E-state index contributed by atoms with van der Waals surface area (Å²) in [7, 11) is -3.79. The number of carbonyl (C=O) groups is 1. The number of sulfonamides is 1. The molecule has 2 aromatic carbocycles. The molecule has 1 unspecified atom stereocenters. The maximum absolute atomic E-state index is 12.8. The van der Waals surface area contributed by atoms with E-state index in [9.17, 15) is 13.2 Å². The van der Waals surface area contributed by atoms with Gasteiger partial charge in [-0.3, -0.25) is 9.52 Å². The van der Waals surface area contributed by atoms with Gasteiger partial charge in [-0.05, 0) is 75.1 Å². The predicted molar refractivity (Wildman–Crippen MR) is 105 cm³/mol. The van der Waals surface area contributed by atoms with Crippen LogP contribution in [0.5, 0.6) is 0 Å². The highest BCUT2D eigenvalue weighted by Gasteiger charge is 2.20. The molecule has 0 aromatic heterocycles. The van der Waals surface area contributed by atoms with Crippen LogP contribution in [-0.2, 0) is 10.0 Å². The maximum Gasteiger partial charge on any atom is 0.262 e. The molecule has 0 fully saturated rings. The van der Waals surface area contributed by atoms with Crippen molar-refractivity contribution in [3.63, 3.8) is 0 Å². The first-order valence-corrected chi connectivity index (χ1v) is 10.1. The van der Waals surface area contributed by atoms with Crippen LogP contribution in [0.2, 0.25) is 0 Å². The quantitative estimate of drug-likeness (QED) is 0.804. The summed E-state index contributed by atoms with van der Waals surface area (Å²) in [6, 6.07) is 10.1. The molecule has 140 valence electrons. The first-order valence-electron chi connectivity index (χ1n) is 8.65. The molecule has 0 saturated carbocycles. The van der Waals surface area contributed by atoms with E-state index in [4.69, 9.17) is 0 Å². The van der Waals surface area contributed by atoms with Gasteiger partial charge in [0.25, 0.3) is 15.9 Å². The second-order valence-corrected chi connectivity index (χ2v) is 8.32. The molecule has 0 spiro atoms. The SMILES string of the molecule is CCC(C)NC(=O)c1ccc(C)c(S(=O)(=O)Nc2ccc(C)c(C)c2)c1. The number of aryl methyl sites for hydroxylation is 3. The van der Waals surface area contributed by atoms with Crippen molar-refractivity contribution in [1.82, 2.24) is 5.32 Å². The Morgan fingerprint density at radius 1 is 1.00 bits per heavy atom. The van der Waals surface area contributed by atoms with Gasteiger partial charge in [0.05, 0.1) is 4.90 Å². The van der Waals surface area contributed by atoms with E-state index in [1.165, 1.54) is 6.07 Å². The minimum Gasteiger partial charge on any atom is -0.350 e. The monoisotopic (exact) mass is 374 g/mol. The van der Waals surface area contributed by atoms with Crippen LogP contribution in [0.1, 0.15) is 47.3 Å². The summed E-state index contributed by atoms with van der Waals surface area (Å²) in [6.07, 6.45) is 0.803. The molecule has 0 bridgehead atoms. The first kappa shape index (κ1) is 20.0. The van der Waals surface area contributed by atoms with E-state index in [0.29, 0.717) is 16.8 Å². The van der Waals surface area contributed by atoms with Crippen molar-refractivity contribution in [1.29, 1.82) is 0 Å². The van der Waals surface area contributed by atoms with Crippen molar-refractivity contribution in [3.05, 3.63) is 58.7 Å². The van der Waals surface area contributed by atoms with E-state index in [2.05, 4.69) is 10.0 Å². The molecule has 0 aliphatic heterocycles. The summed E-state index contributed by atoms with van der Waals surface area (Å²) in [5.74, 6) is -0.276. The number of rotatable bonds is 6. The Hall–Kier alpha value is -2.34. The Balaban J connectivity index is 2.34. The van der Waals surface area contributed by atoms with Crippen LogP contribution in [0.15, 0.2) is 41.3 Å². The van der Waals surface area contributed by atoms with Crippen molar-refractivity contribution in [3.8, 4) is 0 Å². The Morgan fingerprint density at radius 3 is 2.27 bits per heavy atom. The highest BCUT2D eigenvalue weighted by molar-refractivity contribution is 7.92. The average molecular weight is 375 g/mol. The molecule has 0 heterocycles. The molecular weight excluding hydrogens is 348 g/mol. The summed E-state index contributed by atoms with van der Waals surface area (Å²) in [5, 5.41) is 2.85. The lowest BCUT2D eigenvalue weighted by Crippen LogP contribution is -2.32. The summed E-state index contributed by atoms with van der Waals surface area (Å²) in [4.78, 5) is 12.4. The van der Waals surface area contributed by atoms with E-state index in [-0.39, 0.29) is 16.8 Å². The Bertz CT molecular complexity index is 921. The molecule has 0 radical (unpaired) electrons. The molecule has 1 amide bonds. The second-order valence-electron chi connectivity index (χ2n) is 6.67. The zero-order chi connectivity index (χ0) is 19.5. The van der Waals surface area contributed by atoms with Gasteiger partial charge < -0.3 is 5.32 Å². The maximum atomic E-state index is 12.8. The average Bonchev–Trinajstić information content (AvgIpc) is 2.57. The number of hydrogen-bond acceptors (Lipinski definition) is 3. The molecule has 1 atom stereocenters. The van der Waals surface area contributed by atoms with Crippen LogP contribution >= 0.6 is 0 Å². The Kier molecular flexibility index (Phi) is 6.08. The molecule has 0 aliphatic rings. The zero-order valence-electron chi connectivity index (χ0n) is 15.9. The number of carbonyl (C=O) groups excluding carboxylic acids is 1. The van der Waals surface area contributed by atoms with Crippen molar-refractivity contribution in [2.45, 2.75) is 52.0 Å². The molecule has 0 saturated heterocycles. The van der Waals surface area contributed by atoms with Crippen molar-refractivity contribution < 1.29 is 13.2 Å². The summed E-state index contributed by atoms with van der Waals surface area (Å²) < 4.78 is 28.3. The van der Waals surface area contributed by atoms with Gasteiger partial charge in [0.1, 0.15) is 0 Å². The molecule has 6 heteroatoms. The summed E-state index contributed by atoms with van der Waals surface area (Å²) in [5.41, 5.74) is 3.51. The van der Waals surface area contributed by atoms with Crippen molar-refractivity contribution >= 4 is 21.6 Å². The molecule has 2 N–H and O–H groups in total. The van der Waals surface area contributed by atoms with E-state index >= 15 is 0 Å². The van der Waals surface area contributed by atoms with Crippen LogP contribution in [0, 0.1) is 20.8 Å². The fourth-order valence-electron chi connectivity index (χ4n) is 2.46. The standard InChI is InChI=1S/C20H26N2O3S/c1-6-16(5)21-20(23)17-9-7-14(3)19(12-17)26(24,25)22-18-10-8-13(2)15(4)11-18/h7-12,16,22H,6H2,1-5H3,(H,21,23). The summed E-state index contributed by atoms with van der Waals surface area (Å²) in [6.45, 7) is 9.50. The Labute approximate surface area is 155 Å². The van der Waals surface area contributed by atoms with Crippen LogP contribution < -0.4 is 10.0 Å². The minimum atomic E-state index is -3.79. The molecule has 2 rings (SSSR count). The van der Waals surface area contributed by atoms with Gasteiger partial charge in [-0.25, -0.2) is 8.42 Å². The van der Waals surface area contributed by atoms with Gasteiger partial charge in [0.2, 0.25) is 0 Å².